The second-order valence-electron chi connectivity index (χ2n) is 5.41. The molecular formula is C15H21NO4. The third kappa shape index (κ3) is 3.95. The van der Waals surface area contributed by atoms with Crippen LogP contribution in [0.15, 0.2) is 18.2 Å². The molecule has 0 aromatic heterocycles. The molecule has 0 saturated carbocycles. The second kappa shape index (κ2) is 6.72. The number of likely N-dealkylation sites (N-methyl/N-ethyl adjacent to an activating group) is 1. The summed E-state index contributed by atoms with van der Waals surface area (Å²) in [5, 5.41) is 18.6. The molecule has 1 aromatic carbocycles. The molecular weight excluding hydrogens is 258 g/mol. The lowest BCUT2D eigenvalue weighted by Crippen LogP contribution is -2.34. The van der Waals surface area contributed by atoms with E-state index in [1.54, 1.807) is 0 Å². The average molecular weight is 279 g/mol. The number of ketones is 1. The first-order valence-corrected chi connectivity index (χ1v) is 6.87. The van der Waals surface area contributed by atoms with Crippen molar-refractivity contribution in [1.82, 2.24) is 4.90 Å². The van der Waals surface area contributed by atoms with E-state index >= 15 is 0 Å². The minimum absolute atomic E-state index is 0.0699. The fourth-order valence-corrected chi connectivity index (χ4v) is 2.49. The normalized spacial score (nSPS) is 19.2. The largest absolute Gasteiger partial charge is 0.504 e. The van der Waals surface area contributed by atoms with Gasteiger partial charge in [0.2, 0.25) is 0 Å². The molecule has 1 aliphatic heterocycles. The predicted octanol–water partition coefficient (Wildman–Crippen LogP) is 1.64. The van der Waals surface area contributed by atoms with E-state index in [-0.39, 0.29) is 17.3 Å². The van der Waals surface area contributed by atoms with E-state index in [0.29, 0.717) is 18.0 Å². The van der Waals surface area contributed by atoms with Crippen molar-refractivity contribution in [3.8, 4) is 11.5 Å². The van der Waals surface area contributed by atoms with E-state index in [0.717, 1.165) is 32.6 Å². The van der Waals surface area contributed by atoms with Crippen LogP contribution in [0.4, 0.5) is 0 Å². The van der Waals surface area contributed by atoms with Crippen LogP contribution in [0.1, 0.15) is 23.2 Å². The van der Waals surface area contributed by atoms with E-state index in [9.17, 15) is 15.0 Å². The van der Waals surface area contributed by atoms with Gasteiger partial charge in [-0.25, -0.2) is 0 Å². The maximum Gasteiger partial charge on any atom is 0.176 e. The van der Waals surface area contributed by atoms with Crippen LogP contribution >= 0.6 is 0 Å². The molecule has 0 spiro atoms. The molecule has 0 bridgehead atoms. The summed E-state index contributed by atoms with van der Waals surface area (Å²) in [5.41, 5.74) is 0.409. The number of nitrogens with zero attached hydrogens (tertiary/aromatic N) is 1. The zero-order valence-corrected chi connectivity index (χ0v) is 11.7. The summed E-state index contributed by atoms with van der Waals surface area (Å²) in [4.78, 5) is 14.1. The summed E-state index contributed by atoms with van der Waals surface area (Å²) in [5.74, 6) is -0.0669. The Morgan fingerprint density at radius 2 is 2.20 bits per heavy atom. The number of ether oxygens (including phenoxy) is 1. The smallest absolute Gasteiger partial charge is 0.176 e. The van der Waals surface area contributed by atoms with Crippen molar-refractivity contribution in [2.75, 3.05) is 33.4 Å². The Morgan fingerprint density at radius 1 is 1.40 bits per heavy atom. The summed E-state index contributed by atoms with van der Waals surface area (Å²) in [6.45, 7) is 2.72. The molecule has 1 atom stereocenters. The quantitative estimate of drug-likeness (QED) is 0.633. The molecule has 0 radical (unpaired) electrons. The maximum absolute atomic E-state index is 12.1. The highest BCUT2D eigenvalue weighted by atomic mass is 16.5. The molecule has 5 nitrogen and oxygen atoms in total. The van der Waals surface area contributed by atoms with Crippen molar-refractivity contribution in [3.63, 3.8) is 0 Å². The predicted molar refractivity (Wildman–Crippen MR) is 75.1 cm³/mol. The van der Waals surface area contributed by atoms with Crippen LogP contribution in [-0.2, 0) is 4.74 Å². The molecule has 1 unspecified atom stereocenters. The fraction of sp³-hybridized carbons (Fsp3) is 0.533. The molecule has 0 amide bonds. The number of carbonyl (C=O) groups excluding carboxylic acids is 1. The van der Waals surface area contributed by atoms with Crippen LogP contribution in [0.25, 0.3) is 0 Å². The molecule has 1 fully saturated rings. The van der Waals surface area contributed by atoms with Gasteiger partial charge in [0.15, 0.2) is 17.3 Å². The van der Waals surface area contributed by atoms with Crippen LogP contribution in [-0.4, -0.2) is 54.2 Å². The number of Topliss-reactive ketones (excluding diaryl/α,β-unsaturated/α-hetero) is 1. The Kier molecular flexibility index (Phi) is 4.98. The maximum atomic E-state index is 12.1. The monoisotopic (exact) mass is 279 g/mol. The first-order chi connectivity index (χ1) is 9.56. The minimum atomic E-state index is -0.265. The number of rotatable bonds is 5. The van der Waals surface area contributed by atoms with Crippen molar-refractivity contribution in [2.45, 2.75) is 12.8 Å². The van der Waals surface area contributed by atoms with Gasteiger partial charge in [0, 0.05) is 18.7 Å². The summed E-state index contributed by atoms with van der Waals surface area (Å²) in [6, 6.07) is 4.15. The first-order valence-electron chi connectivity index (χ1n) is 6.87. The summed E-state index contributed by atoms with van der Waals surface area (Å²) in [7, 11) is 1.91. The van der Waals surface area contributed by atoms with Gasteiger partial charge in [0.1, 0.15) is 0 Å². The number of hydrogen-bond donors (Lipinski definition) is 2. The molecule has 1 aliphatic rings. The lowest BCUT2D eigenvalue weighted by atomic mass is 10.0. The van der Waals surface area contributed by atoms with Crippen molar-refractivity contribution >= 4 is 5.78 Å². The first kappa shape index (κ1) is 14.8. The Labute approximate surface area is 118 Å². The highest BCUT2D eigenvalue weighted by molar-refractivity contribution is 5.98. The topological polar surface area (TPSA) is 70.0 Å². The lowest BCUT2D eigenvalue weighted by Gasteiger charge is -2.26. The highest BCUT2D eigenvalue weighted by Gasteiger charge is 2.18. The molecule has 2 rings (SSSR count). The number of carbonyl (C=O) groups is 1. The fourth-order valence-electron chi connectivity index (χ4n) is 2.49. The van der Waals surface area contributed by atoms with Gasteiger partial charge in [-0.2, -0.15) is 0 Å². The van der Waals surface area contributed by atoms with Crippen LogP contribution < -0.4 is 0 Å². The third-order valence-electron chi connectivity index (χ3n) is 3.54. The Bertz CT molecular complexity index is 469. The van der Waals surface area contributed by atoms with E-state index in [2.05, 4.69) is 0 Å². The van der Waals surface area contributed by atoms with Crippen LogP contribution in [0.5, 0.6) is 11.5 Å². The molecule has 1 heterocycles. The molecule has 1 saturated heterocycles. The average Bonchev–Trinajstić information content (AvgIpc) is 2.42. The van der Waals surface area contributed by atoms with Gasteiger partial charge < -0.3 is 14.9 Å². The molecule has 110 valence electrons. The van der Waals surface area contributed by atoms with Gasteiger partial charge in [0.05, 0.1) is 13.2 Å². The molecule has 0 aliphatic carbocycles. The zero-order valence-electron chi connectivity index (χ0n) is 11.7. The van der Waals surface area contributed by atoms with Crippen LogP contribution in [0.3, 0.4) is 0 Å². The SMILES string of the molecule is CN(CC(=O)c1ccc(O)c(O)c1)CC1CCCOC1. The van der Waals surface area contributed by atoms with Gasteiger partial charge in [-0.05, 0) is 44.0 Å². The Balaban J connectivity index is 1.87. The summed E-state index contributed by atoms with van der Waals surface area (Å²) >= 11 is 0. The van der Waals surface area contributed by atoms with Crippen molar-refractivity contribution in [1.29, 1.82) is 0 Å². The number of hydrogen-bond acceptors (Lipinski definition) is 5. The second-order valence-corrected chi connectivity index (χ2v) is 5.41. The molecule has 20 heavy (non-hydrogen) atoms. The third-order valence-corrected chi connectivity index (χ3v) is 3.54. The van der Waals surface area contributed by atoms with Gasteiger partial charge in [-0.1, -0.05) is 0 Å². The number of phenols is 2. The van der Waals surface area contributed by atoms with Gasteiger partial charge >= 0.3 is 0 Å². The molecule has 1 aromatic rings. The van der Waals surface area contributed by atoms with Gasteiger partial charge in [0.25, 0.3) is 0 Å². The van der Waals surface area contributed by atoms with Crippen LogP contribution in [0, 0.1) is 5.92 Å². The minimum Gasteiger partial charge on any atom is -0.504 e. The van der Waals surface area contributed by atoms with Crippen molar-refractivity contribution in [3.05, 3.63) is 23.8 Å². The van der Waals surface area contributed by atoms with E-state index in [1.807, 2.05) is 11.9 Å². The zero-order chi connectivity index (χ0) is 14.5. The standard InChI is InChI=1S/C15H21NO4/c1-16(8-11-3-2-6-20-10-11)9-15(19)12-4-5-13(17)14(18)7-12/h4-5,7,11,17-18H,2-3,6,8-10H2,1H3. The highest BCUT2D eigenvalue weighted by Crippen LogP contribution is 2.25. The lowest BCUT2D eigenvalue weighted by molar-refractivity contribution is 0.0416. The molecule has 2 N–H and O–H groups in total. The number of phenolic OH excluding ortho intramolecular Hbond substituents is 2. The summed E-state index contributed by atoms with van der Waals surface area (Å²) < 4.78 is 5.43. The Morgan fingerprint density at radius 3 is 2.85 bits per heavy atom. The van der Waals surface area contributed by atoms with Crippen LogP contribution in [0.2, 0.25) is 0 Å². The molecule has 5 heteroatoms. The van der Waals surface area contributed by atoms with Crippen molar-refractivity contribution < 1.29 is 19.7 Å². The summed E-state index contributed by atoms with van der Waals surface area (Å²) in [6.07, 6.45) is 2.22. The number of benzene rings is 1. The van der Waals surface area contributed by atoms with E-state index < -0.39 is 0 Å². The number of aromatic hydroxyl groups is 2. The van der Waals surface area contributed by atoms with E-state index in [4.69, 9.17) is 4.74 Å². The van der Waals surface area contributed by atoms with Gasteiger partial charge in [-0.15, -0.1) is 0 Å². The Hall–Kier alpha value is -1.59. The van der Waals surface area contributed by atoms with Gasteiger partial charge in [-0.3, -0.25) is 9.69 Å². The van der Waals surface area contributed by atoms with Crippen molar-refractivity contribution in [2.24, 2.45) is 5.92 Å². The van der Waals surface area contributed by atoms with E-state index in [1.165, 1.54) is 18.2 Å².